The molecule has 0 bridgehead atoms. The first-order valence-corrected chi connectivity index (χ1v) is 8.91. The van der Waals surface area contributed by atoms with Gasteiger partial charge in [-0.2, -0.15) is 0 Å². The van der Waals surface area contributed by atoms with E-state index in [-0.39, 0.29) is 17.4 Å². The summed E-state index contributed by atoms with van der Waals surface area (Å²) in [4.78, 5) is 19.0. The van der Waals surface area contributed by atoms with Crippen molar-refractivity contribution in [2.24, 2.45) is 16.3 Å². The van der Waals surface area contributed by atoms with E-state index in [0.29, 0.717) is 12.2 Å². The third-order valence-corrected chi connectivity index (χ3v) is 5.64. The minimum atomic E-state index is -0.158. The number of nitrogens with zero attached hydrogens (tertiary/aromatic N) is 1. The molecular weight excluding hydrogens is 304 g/mol. The average molecular weight is 324 g/mol. The molecule has 0 amide bonds. The molecule has 4 rings (SSSR count). The minimum absolute atomic E-state index is 0.00823. The third kappa shape index (κ3) is 2.61. The molecule has 1 aliphatic carbocycles. The predicted octanol–water partition coefficient (Wildman–Crippen LogP) is 4.99. The average Bonchev–Trinajstić information content (AvgIpc) is 2.95. The van der Waals surface area contributed by atoms with Crippen molar-refractivity contribution in [1.82, 2.24) is 0 Å². The van der Waals surface area contributed by atoms with Gasteiger partial charge in [-0.15, -0.1) is 11.3 Å². The second kappa shape index (κ2) is 5.31. The van der Waals surface area contributed by atoms with Crippen molar-refractivity contribution in [3.8, 4) is 0 Å². The normalized spacial score (nSPS) is 25.7. The molecule has 3 nitrogen and oxygen atoms in total. The van der Waals surface area contributed by atoms with E-state index in [0.717, 1.165) is 23.5 Å². The number of ketones is 1. The number of Topliss-reactive ketones (excluding diaryl/α,β-unsaturated/α-hetero) is 1. The van der Waals surface area contributed by atoms with Gasteiger partial charge in [-0.3, -0.25) is 9.79 Å². The largest absolute Gasteiger partial charge is 0.375 e. The Labute approximate surface area is 140 Å². The van der Waals surface area contributed by atoms with E-state index in [1.165, 1.54) is 4.88 Å². The number of para-hydroxylation sites is 2. The summed E-state index contributed by atoms with van der Waals surface area (Å²) in [5, 5.41) is 5.67. The van der Waals surface area contributed by atoms with Gasteiger partial charge in [0.15, 0.2) is 0 Å². The summed E-state index contributed by atoms with van der Waals surface area (Å²) in [6.07, 6.45) is 1.50. The molecule has 1 aromatic carbocycles. The van der Waals surface area contributed by atoms with Gasteiger partial charge in [0.2, 0.25) is 0 Å². The summed E-state index contributed by atoms with van der Waals surface area (Å²) < 4.78 is 0. The van der Waals surface area contributed by atoms with Gasteiger partial charge >= 0.3 is 0 Å². The molecule has 118 valence electrons. The fourth-order valence-corrected chi connectivity index (χ4v) is 4.53. The second-order valence-electron chi connectivity index (χ2n) is 7.22. The van der Waals surface area contributed by atoms with E-state index in [9.17, 15) is 4.79 Å². The molecule has 2 atom stereocenters. The van der Waals surface area contributed by atoms with Crippen molar-refractivity contribution >= 4 is 34.2 Å². The SMILES string of the molecule is CC1(C)CC(=O)C2C(=Nc3ccccc3N[C@H]2c2cccs2)C1. The van der Waals surface area contributed by atoms with Crippen LogP contribution in [0.15, 0.2) is 46.8 Å². The fourth-order valence-electron chi connectivity index (χ4n) is 3.72. The van der Waals surface area contributed by atoms with Crippen LogP contribution >= 0.6 is 11.3 Å². The summed E-state index contributed by atoms with van der Waals surface area (Å²) in [6.45, 7) is 4.32. The summed E-state index contributed by atoms with van der Waals surface area (Å²) in [5.74, 6) is 0.146. The van der Waals surface area contributed by atoms with Gasteiger partial charge in [0.05, 0.1) is 23.3 Å². The maximum atomic E-state index is 12.9. The van der Waals surface area contributed by atoms with Gasteiger partial charge in [0.25, 0.3) is 0 Å². The summed E-state index contributed by atoms with van der Waals surface area (Å²) in [6, 6.07) is 12.2. The molecule has 1 aromatic heterocycles. The summed E-state index contributed by atoms with van der Waals surface area (Å²) in [5.41, 5.74) is 2.98. The van der Waals surface area contributed by atoms with Gasteiger partial charge in [0.1, 0.15) is 5.78 Å². The maximum Gasteiger partial charge on any atom is 0.144 e. The number of benzene rings is 1. The van der Waals surface area contributed by atoms with E-state index >= 15 is 0 Å². The fraction of sp³-hybridized carbons (Fsp3) is 0.368. The van der Waals surface area contributed by atoms with Crippen LogP contribution < -0.4 is 5.32 Å². The third-order valence-electron chi connectivity index (χ3n) is 4.68. The number of rotatable bonds is 1. The number of thiophene rings is 1. The van der Waals surface area contributed by atoms with Crippen molar-refractivity contribution in [3.05, 3.63) is 46.7 Å². The van der Waals surface area contributed by atoms with E-state index < -0.39 is 0 Å². The van der Waals surface area contributed by atoms with Crippen LogP contribution in [0.4, 0.5) is 11.4 Å². The number of anilines is 1. The van der Waals surface area contributed by atoms with Crippen LogP contribution in [0.1, 0.15) is 37.6 Å². The molecule has 1 fully saturated rings. The van der Waals surface area contributed by atoms with Crippen LogP contribution in [-0.2, 0) is 4.79 Å². The molecular formula is C19H20N2OS. The highest BCUT2D eigenvalue weighted by Crippen LogP contribution is 2.45. The first kappa shape index (κ1) is 14.6. The highest BCUT2D eigenvalue weighted by atomic mass is 32.1. The van der Waals surface area contributed by atoms with Crippen LogP contribution in [0, 0.1) is 11.3 Å². The second-order valence-corrected chi connectivity index (χ2v) is 8.20. The van der Waals surface area contributed by atoms with Crippen LogP contribution in [0.2, 0.25) is 0 Å². The maximum absolute atomic E-state index is 12.9. The lowest BCUT2D eigenvalue weighted by Crippen LogP contribution is -2.41. The van der Waals surface area contributed by atoms with Crippen LogP contribution in [0.5, 0.6) is 0 Å². The Morgan fingerprint density at radius 1 is 1.17 bits per heavy atom. The number of nitrogens with one attached hydrogen (secondary N) is 1. The monoisotopic (exact) mass is 324 g/mol. The van der Waals surface area contributed by atoms with E-state index in [1.807, 2.05) is 30.3 Å². The van der Waals surface area contributed by atoms with Crippen molar-refractivity contribution < 1.29 is 4.79 Å². The van der Waals surface area contributed by atoms with Gasteiger partial charge in [0, 0.05) is 17.0 Å². The molecule has 1 unspecified atom stereocenters. The highest BCUT2D eigenvalue weighted by molar-refractivity contribution is 7.10. The molecule has 0 saturated heterocycles. The number of carbonyl (C=O) groups excluding carboxylic acids is 1. The molecule has 23 heavy (non-hydrogen) atoms. The van der Waals surface area contributed by atoms with Crippen molar-refractivity contribution in [3.63, 3.8) is 0 Å². The predicted molar refractivity (Wildman–Crippen MR) is 95.7 cm³/mol. The Kier molecular flexibility index (Phi) is 3.38. The molecule has 0 spiro atoms. The van der Waals surface area contributed by atoms with Gasteiger partial charge in [-0.1, -0.05) is 32.0 Å². The molecule has 0 radical (unpaired) electrons. The van der Waals surface area contributed by atoms with Crippen molar-refractivity contribution in [2.45, 2.75) is 32.7 Å². The molecule has 1 saturated carbocycles. The molecule has 2 aliphatic rings. The lowest BCUT2D eigenvalue weighted by atomic mass is 9.69. The zero-order valence-corrected chi connectivity index (χ0v) is 14.2. The van der Waals surface area contributed by atoms with Crippen LogP contribution in [0.3, 0.4) is 0 Å². The first-order valence-electron chi connectivity index (χ1n) is 8.03. The topological polar surface area (TPSA) is 41.5 Å². The molecule has 2 heterocycles. The molecule has 1 N–H and O–H groups in total. The Bertz CT molecular complexity index is 776. The number of aliphatic imine (C=N–C) groups is 1. The van der Waals surface area contributed by atoms with Crippen molar-refractivity contribution in [2.75, 3.05) is 5.32 Å². The zero-order valence-electron chi connectivity index (χ0n) is 13.4. The minimum Gasteiger partial charge on any atom is -0.375 e. The lowest BCUT2D eigenvalue weighted by Gasteiger charge is -2.37. The number of carbonyl (C=O) groups is 1. The van der Waals surface area contributed by atoms with E-state index in [2.05, 4.69) is 30.6 Å². The summed E-state index contributed by atoms with van der Waals surface area (Å²) >= 11 is 1.70. The Morgan fingerprint density at radius 2 is 2.00 bits per heavy atom. The lowest BCUT2D eigenvalue weighted by molar-refractivity contribution is -0.124. The first-order chi connectivity index (χ1) is 11.0. The smallest absolute Gasteiger partial charge is 0.144 e. The highest BCUT2D eigenvalue weighted by Gasteiger charge is 2.44. The molecule has 1 aliphatic heterocycles. The molecule has 4 heteroatoms. The van der Waals surface area contributed by atoms with Crippen LogP contribution in [0.25, 0.3) is 0 Å². The van der Waals surface area contributed by atoms with E-state index in [4.69, 9.17) is 4.99 Å². The van der Waals surface area contributed by atoms with Gasteiger partial charge in [-0.05, 0) is 35.4 Å². The number of hydrogen-bond acceptors (Lipinski definition) is 4. The quantitative estimate of drug-likeness (QED) is 0.802. The van der Waals surface area contributed by atoms with Gasteiger partial charge in [-0.25, -0.2) is 0 Å². The Hall–Kier alpha value is -1.94. The van der Waals surface area contributed by atoms with E-state index in [1.54, 1.807) is 11.3 Å². The van der Waals surface area contributed by atoms with Gasteiger partial charge < -0.3 is 5.32 Å². The van der Waals surface area contributed by atoms with Crippen molar-refractivity contribution in [1.29, 1.82) is 0 Å². The Balaban J connectivity index is 1.87. The zero-order chi connectivity index (χ0) is 16.0. The summed E-state index contributed by atoms with van der Waals surface area (Å²) in [7, 11) is 0. The standard InChI is InChI=1S/C19H20N2OS/c1-19(2)10-14-17(15(22)11-19)18(16-8-5-9-23-16)21-13-7-4-3-6-12(13)20-14/h3-9,17-18,21H,10-11H2,1-2H3/t17?,18-/m0/s1. The molecule has 2 aromatic rings. The number of fused-ring (bicyclic) bond motifs is 2. The van der Waals surface area contributed by atoms with Crippen LogP contribution in [-0.4, -0.2) is 11.5 Å². The Morgan fingerprint density at radius 3 is 2.78 bits per heavy atom. The number of hydrogen-bond donors (Lipinski definition) is 1.